The molecule has 6 nitrogen and oxygen atoms in total. The maximum Gasteiger partial charge on any atom is 0.270 e. The number of nitro benzene ring substituents is 1. The van der Waals surface area contributed by atoms with Crippen molar-refractivity contribution in [2.24, 2.45) is 5.10 Å². The van der Waals surface area contributed by atoms with E-state index in [2.05, 4.69) is 10.5 Å². The number of benzene rings is 2. The normalized spacial score (nSPS) is 12.1. The number of aryl methyl sites for hydroxylation is 1. The zero-order valence-corrected chi connectivity index (χ0v) is 14.1. The minimum atomic E-state index is -0.476. The van der Waals surface area contributed by atoms with Crippen LogP contribution >= 0.6 is 11.8 Å². The quantitative estimate of drug-likeness (QED) is 0.376. The predicted octanol–water partition coefficient (Wildman–Crippen LogP) is 3.53. The molecule has 0 aliphatic rings. The van der Waals surface area contributed by atoms with Gasteiger partial charge < -0.3 is 0 Å². The Balaban J connectivity index is 1.90. The van der Waals surface area contributed by atoms with E-state index in [1.165, 1.54) is 30.1 Å². The molecule has 0 saturated carbocycles. The maximum atomic E-state index is 12.0. The van der Waals surface area contributed by atoms with Gasteiger partial charge in [0.05, 0.1) is 16.4 Å². The van der Waals surface area contributed by atoms with Crippen molar-refractivity contribution in [1.29, 1.82) is 0 Å². The van der Waals surface area contributed by atoms with Gasteiger partial charge in [-0.1, -0.05) is 29.8 Å². The van der Waals surface area contributed by atoms with E-state index in [0.717, 1.165) is 10.5 Å². The average molecular weight is 343 g/mol. The zero-order valence-electron chi connectivity index (χ0n) is 13.3. The molecule has 0 fully saturated rings. The summed E-state index contributed by atoms with van der Waals surface area (Å²) in [7, 11) is 0. The molecule has 0 aliphatic carbocycles. The number of nitrogens with one attached hydrogen (secondary N) is 1. The summed E-state index contributed by atoms with van der Waals surface area (Å²) in [6, 6.07) is 14.0. The Morgan fingerprint density at radius 1 is 1.29 bits per heavy atom. The van der Waals surface area contributed by atoms with Crippen LogP contribution in [-0.2, 0) is 4.79 Å². The van der Waals surface area contributed by atoms with Gasteiger partial charge in [0, 0.05) is 22.6 Å². The lowest BCUT2D eigenvalue weighted by atomic mass is 10.2. The molecule has 2 aromatic rings. The Bertz CT molecular complexity index is 760. The van der Waals surface area contributed by atoms with Crippen molar-refractivity contribution < 1.29 is 9.72 Å². The average Bonchev–Trinajstić information content (AvgIpc) is 2.57. The molecule has 2 aromatic carbocycles. The molecule has 0 spiro atoms. The van der Waals surface area contributed by atoms with Gasteiger partial charge in [0.2, 0.25) is 0 Å². The van der Waals surface area contributed by atoms with Crippen molar-refractivity contribution >= 4 is 29.6 Å². The molecule has 7 heteroatoms. The molecular weight excluding hydrogens is 326 g/mol. The van der Waals surface area contributed by atoms with Crippen LogP contribution in [0.5, 0.6) is 0 Å². The lowest BCUT2D eigenvalue weighted by Crippen LogP contribution is -2.26. The van der Waals surface area contributed by atoms with E-state index >= 15 is 0 Å². The molecule has 0 radical (unpaired) electrons. The number of rotatable bonds is 6. The van der Waals surface area contributed by atoms with Crippen LogP contribution in [0.3, 0.4) is 0 Å². The maximum absolute atomic E-state index is 12.0. The van der Waals surface area contributed by atoms with E-state index in [4.69, 9.17) is 0 Å². The SMILES string of the molecule is Cc1ccc(S[C@@H](C)C(=O)N/N=C\c2cccc([N+](=O)[O-])c2)cc1. The number of hydrazone groups is 1. The highest BCUT2D eigenvalue weighted by molar-refractivity contribution is 8.00. The third kappa shape index (κ3) is 5.20. The largest absolute Gasteiger partial charge is 0.272 e. The fourth-order valence-corrected chi connectivity index (χ4v) is 2.72. The van der Waals surface area contributed by atoms with Crippen molar-refractivity contribution in [3.63, 3.8) is 0 Å². The number of non-ortho nitro benzene ring substituents is 1. The number of carbonyl (C=O) groups is 1. The third-order valence-corrected chi connectivity index (χ3v) is 4.28. The second-order valence-electron chi connectivity index (χ2n) is 5.16. The molecule has 0 unspecified atom stereocenters. The van der Waals surface area contributed by atoms with Gasteiger partial charge >= 0.3 is 0 Å². The molecule has 124 valence electrons. The van der Waals surface area contributed by atoms with E-state index in [1.807, 2.05) is 31.2 Å². The Labute approximate surface area is 144 Å². The summed E-state index contributed by atoms with van der Waals surface area (Å²) in [5.41, 5.74) is 4.14. The standard InChI is InChI=1S/C17H17N3O3S/c1-12-6-8-16(9-7-12)24-13(2)17(21)19-18-11-14-4-3-5-15(10-14)20(22)23/h3-11,13H,1-2H3,(H,19,21)/b18-11-/t13-/m0/s1. The van der Waals surface area contributed by atoms with Crippen LogP contribution in [0.4, 0.5) is 5.69 Å². The molecule has 0 bridgehead atoms. The zero-order chi connectivity index (χ0) is 17.5. The second-order valence-corrected chi connectivity index (χ2v) is 6.57. The number of hydrogen-bond acceptors (Lipinski definition) is 5. The molecule has 0 aromatic heterocycles. The first-order valence-corrected chi connectivity index (χ1v) is 8.14. The van der Waals surface area contributed by atoms with Crippen LogP contribution in [0.1, 0.15) is 18.1 Å². The summed E-state index contributed by atoms with van der Waals surface area (Å²) >= 11 is 1.44. The third-order valence-electron chi connectivity index (χ3n) is 3.17. The highest BCUT2D eigenvalue weighted by Gasteiger charge is 2.13. The molecular formula is C17H17N3O3S. The lowest BCUT2D eigenvalue weighted by molar-refractivity contribution is -0.384. The smallest absolute Gasteiger partial charge is 0.270 e. The lowest BCUT2D eigenvalue weighted by Gasteiger charge is -2.09. The summed E-state index contributed by atoms with van der Waals surface area (Å²) < 4.78 is 0. The van der Waals surface area contributed by atoms with Gasteiger partial charge in [0.1, 0.15) is 0 Å². The van der Waals surface area contributed by atoms with E-state index in [-0.39, 0.29) is 16.8 Å². The Kier molecular flexibility index (Phi) is 6.08. The van der Waals surface area contributed by atoms with Gasteiger partial charge in [-0.05, 0) is 26.0 Å². The summed E-state index contributed by atoms with van der Waals surface area (Å²) in [6.07, 6.45) is 1.38. The van der Waals surface area contributed by atoms with Crippen LogP contribution in [0, 0.1) is 17.0 Å². The van der Waals surface area contributed by atoms with Crippen molar-refractivity contribution in [3.8, 4) is 0 Å². The van der Waals surface area contributed by atoms with Gasteiger partial charge in [0.25, 0.3) is 11.6 Å². The second kappa shape index (κ2) is 8.26. The van der Waals surface area contributed by atoms with E-state index < -0.39 is 4.92 Å². The number of nitrogens with zero attached hydrogens (tertiary/aromatic N) is 2. The molecule has 1 N–H and O–H groups in total. The molecule has 0 aliphatic heterocycles. The molecule has 0 heterocycles. The van der Waals surface area contributed by atoms with Gasteiger partial charge in [-0.3, -0.25) is 14.9 Å². The van der Waals surface area contributed by atoms with Crippen LogP contribution in [-0.4, -0.2) is 22.3 Å². The predicted molar refractivity (Wildman–Crippen MR) is 95.3 cm³/mol. The first-order chi connectivity index (χ1) is 11.5. The first kappa shape index (κ1) is 17.7. The molecule has 1 atom stereocenters. The van der Waals surface area contributed by atoms with Crippen LogP contribution in [0.25, 0.3) is 0 Å². The van der Waals surface area contributed by atoms with Gasteiger partial charge in [-0.25, -0.2) is 5.43 Å². The van der Waals surface area contributed by atoms with E-state index in [0.29, 0.717) is 5.56 Å². The molecule has 24 heavy (non-hydrogen) atoms. The molecule has 2 rings (SSSR count). The monoisotopic (exact) mass is 343 g/mol. The fraction of sp³-hybridized carbons (Fsp3) is 0.176. The van der Waals surface area contributed by atoms with Crippen molar-refractivity contribution in [1.82, 2.24) is 5.43 Å². The van der Waals surface area contributed by atoms with Gasteiger partial charge in [-0.2, -0.15) is 5.10 Å². The van der Waals surface area contributed by atoms with Crippen LogP contribution in [0.15, 0.2) is 58.5 Å². The first-order valence-electron chi connectivity index (χ1n) is 7.26. The van der Waals surface area contributed by atoms with E-state index in [9.17, 15) is 14.9 Å². The number of thioether (sulfide) groups is 1. The number of hydrogen-bond donors (Lipinski definition) is 1. The summed E-state index contributed by atoms with van der Waals surface area (Å²) in [5, 5.41) is 14.3. The van der Waals surface area contributed by atoms with Crippen molar-refractivity contribution in [2.45, 2.75) is 24.0 Å². The fourth-order valence-electron chi connectivity index (χ4n) is 1.85. The molecule has 0 saturated heterocycles. The van der Waals surface area contributed by atoms with Gasteiger partial charge in [0.15, 0.2) is 0 Å². The minimum Gasteiger partial charge on any atom is -0.272 e. The number of carbonyl (C=O) groups excluding carboxylic acids is 1. The van der Waals surface area contributed by atoms with Crippen molar-refractivity contribution in [2.75, 3.05) is 0 Å². The van der Waals surface area contributed by atoms with Crippen LogP contribution < -0.4 is 5.43 Å². The number of amides is 1. The molecule has 1 amide bonds. The summed E-state index contributed by atoms with van der Waals surface area (Å²) in [4.78, 5) is 23.3. The topological polar surface area (TPSA) is 84.6 Å². The van der Waals surface area contributed by atoms with Gasteiger partial charge in [-0.15, -0.1) is 11.8 Å². The Hall–Kier alpha value is -2.67. The Morgan fingerprint density at radius 3 is 2.67 bits per heavy atom. The number of nitro groups is 1. The summed E-state index contributed by atoms with van der Waals surface area (Å²) in [6.45, 7) is 3.80. The summed E-state index contributed by atoms with van der Waals surface area (Å²) in [5.74, 6) is -0.234. The Morgan fingerprint density at radius 2 is 2.00 bits per heavy atom. The highest BCUT2D eigenvalue weighted by atomic mass is 32.2. The van der Waals surface area contributed by atoms with Crippen molar-refractivity contribution in [3.05, 3.63) is 69.8 Å². The highest BCUT2D eigenvalue weighted by Crippen LogP contribution is 2.23. The van der Waals surface area contributed by atoms with E-state index in [1.54, 1.807) is 19.1 Å². The minimum absolute atomic E-state index is 0.0198. The van der Waals surface area contributed by atoms with Crippen LogP contribution in [0.2, 0.25) is 0 Å².